The Bertz CT molecular complexity index is 709. The molecule has 0 N–H and O–H groups in total. The van der Waals surface area contributed by atoms with E-state index in [1.165, 1.54) is 3.57 Å². The molecule has 4 nitrogen and oxygen atoms in total. The van der Waals surface area contributed by atoms with Crippen LogP contribution in [0.2, 0.25) is 0 Å². The number of hydrogen-bond acceptors (Lipinski definition) is 3. The first-order valence-electron chi connectivity index (χ1n) is 8.25. The first kappa shape index (κ1) is 17.5. The van der Waals surface area contributed by atoms with E-state index in [-0.39, 0.29) is 12.4 Å². The van der Waals surface area contributed by atoms with Crippen molar-refractivity contribution in [3.05, 3.63) is 51.6 Å². The molecule has 1 aromatic heterocycles. The largest absolute Gasteiger partial charge is 0.353 e. The van der Waals surface area contributed by atoms with Gasteiger partial charge in [-0.05, 0) is 73.0 Å². The molecule has 2 atom stereocenters. The summed E-state index contributed by atoms with van der Waals surface area (Å²) >= 11 is 2.29. The topological polar surface area (TPSA) is 36.3 Å². The molecule has 1 unspecified atom stereocenters. The van der Waals surface area contributed by atoms with E-state index < -0.39 is 0 Å². The number of hydrogen-bond donors (Lipinski definition) is 0. The minimum Gasteiger partial charge on any atom is -0.353 e. The highest BCUT2D eigenvalue weighted by atomic mass is 127. The molecular formula is C19H21IN2O2. The second kappa shape index (κ2) is 8.65. The van der Waals surface area contributed by atoms with Gasteiger partial charge in [0.05, 0.1) is 6.54 Å². The van der Waals surface area contributed by atoms with Crippen LogP contribution in [0.4, 0.5) is 0 Å². The van der Waals surface area contributed by atoms with E-state index in [1.54, 1.807) is 6.20 Å². The molecule has 2 aromatic rings. The lowest BCUT2D eigenvalue weighted by Crippen LogP contribution is -2.24. The van der Waals surface area contributed by atoms with Crippen LogP contribution in [0.5, 0.6) is 0 Å². The maximum absolute atomic E-state index is 6.00. The minimum absolute atomic E-state index is 0.108. The SMILES string of the molecule is C[C@H](OC1CCCCO1)c1nccn1CC#Cc1ccc(I)cc1. The summed E-state index contributed by atoms with van der Waals surface area (Å²) in [6.45, 7) is 3.40. The number of halogens is 1. The Hall–Kier alpha value is -1.36. The monoisotopic (exact) mass is 436 g/mol. The number of benzene rings is 1. The van der Waals surface area contributed by atoms with Crippen molar-refractivity contribution in [2.75, 3.05) is 6.61 Å². The summed E-state index contributed by atoms with van der Waals surface area (Å²) in [6, 6.07) is 8.20. The van der Waals surface area contributed by atoms with Gasteiger partial charge in [-0.25, -0.2) is 4.98 Å². The summed E-state index contributed by atoms with van der Waals surface area (Å²) in [5.41, 5.74) is 1.02. The molecule has 1 fully saturated rings. The van der Waals surface area contributed by atoms with Gasteiger partial charge in [0.1, 0.15) is 11.9 Å². The van der Waals surface area contributed by atoms with Crippen LogP contribution in [-0.4, -0.2) is 22.4 Å². The zero-order valence-corrected chi connectivity index (χ0v) is 15.9. The molecule has 0 saturated carbocycles. The predicted molar refractivity (Wildman–Crippen MR) is 101 cm³/mol. The fourth-order valence-corrected chi connectivity index (χ4v) is 3.04. The Morgan fingerprint density at radius 3 is 2.96 bits per heavy atom. The van der Waals surface area contributed by atoms with E-state index >= 15 is 0 Å². The molecule has 0 spiro atoms. The lowest BCUT2D eigenvalue weighted by molar-refractivity contribution is -0.188. The summed E-state index contributed by atoms with van der Waals surface area (Å²) < 4.78 is 14.9. The van der Waals surface area contributed by atoms with E-state index in [2.05, 4.69) is 51.5 Å². The maximum atomic E-state index is 6.00. The third-order valence-electron chi connectivity index (χ3n) is 3.93. The van der Waals surface area contributed by atoms with Gasteiger partial charge >= 0.3 is 0 Å². The molecule has 1 aliphatic rings. The zero-order chi connectivity index (χ0) is 16.8. The van der Waals surface area contributed by atoms with E-state index in [0.29, 0.717) is 6.54 Å². The van der Waals surface area contributed by atoms with Crippen LogP contribution in [0, 0.1) is 15.4 Å². The van der Waals surface area contributed by atoms with Crippen molar-refractivity contribution < 1.29 is 9.47 Å². The van der Waals surface area contributed by atoms with Gasteiger partial charge in [-0.1, -0.05) is 11.8 Å². The third kappa shape index (κ3) is 4.82. The Morgan fingerprint density at radius 2 is 2.21 bits per heavy atom. The van der Waals surface area contributed by atoms with Crippen LogP contribution in [0.1, 0.15) is 43.7 Å². The van der Waals surface area contributed by atoms with Gasteiger partial charge in [-0.3, -0.25) is 0 Å². The van der Waals surface area contributed by atoms with Gasteiger partial charge in [-0.15, -0.1) is 0 Å². The Balaban J connectivity index is 1.61. The van der Waals surface area contributed by atoms with Crippen LogP contribution < -0.4 is 0 Å². The van der Waals surface area contributed by atoms with Crippen molar-refractivity contribution in [3.63, 3.8) is 0 Å². The summed E-state index contributed by atoms with van der Waals surface area (Å²) in [4.78, 5) is 4.43. The fraction of sp³-hybridized carbons (Fsp3) is 0.421. The van der Waals surface area contributed by atoms with Gasteiger partial charge < -0.3 is 14.0 Å². The smallest absolute Gasteiger partial charge is 0.158 e. The van der Waals surface area contributed by atoms with E-state index in [0.717, 1.165) is 37.3 Å². The molecule has 1 saturated heterocycles. The summed E-state index contributed by atoms with van der Waals surface area (Å²) in [5.74, 6) is 7.29. The molecule has 1 aliphatic heterocycles. The lowest BCUT2D eigenvalue weighted by atomic mass is 10.2. The Morgan fingerprint density at radius 1 is 1.38 bits per heavy atom. The van der Waals surface area contributed by atoms with Crippen LogP contribution >= 0.6 is 22.6 Å². The van der Waals surface area contributed by atoms with Gasteiger partial charge in [-0.2, -0.15) is 0 Å². The number of rotatable bonds is 4. The molecule has 2 heterocycles. The van der Waals surface area contributed by atoms with Crippen LogP contribution in [-0.2, 0) is 16.0 Å². The van der Waals surface area contributed by atoms with Crippen LogP contribution in [0.3, 0.4) is 0 Å². The van der Waals surface area contributed by atoms with Gasteiger partial charge in [0.15, 0.2) is 6.29 Å². The van der Waals surface area contributed by atoms with Crippen molar-refractivity contribution in [1.29, 1.82) is 0 Å². The quantitative estimate of drug-likeness (QED) is 0.534. The number of aromatic nitrogens is 2. The highest BCUT2D eigenvalue weighted by Gasteiger charge is 2.20. The standard InChI is InChI=1S/C19H21IN2O2/c1-15(24-18-6-2-3-14-23-18)19-21-11-13-22(19)12-4-5-16-7-9-17(20)10-8-16/h7-11,13,15,18H,2-3,6,12,14H2,1H3/t15-,18?/m0/s1. The Kier molecular flexibility index (Phi) is 6.30. The van der Waals surface area contributed by atoms with Crippen molar-refractivity contribution in [1.82, 2.24) is 9.55 Å². The molecule has 0 aliphatic carbocycles. The third-order valence-corrected chi connectivity index (χ3v) is 4.65. The fourth-order valence-electron chi connectivity index (χ4n) is 2.68. The molecule has 0 radical (unpaired) electrons. The van der Waals surface area contributed by atoms with Gasteiger partial charge in [0.2, 0.25) is 0 Å². The molecule has 1 aromatic carbocycles. The van der Waals surface area contributed by atoms with Crippen molar-refractivity contribution in [3.8, 4) is 11.8 Å². The highest BCUT2D eigenvalue weighted by molar-refractivity contribution is 14.1. The number of nitrogens with zero attached hydrogens (tertiary/aromatic N) is 2. The molecule has 3 rings (SSSR count). The van der Waals surface area contributed by atoms with Crippen molar-refractivity contribution >= 4 is 22.6 Å². The van der Waals surface area contributed by atoms with E-state index in [4.69, 9.17) is 9.47 Å². The normalized spacial score (nSPS) is 18.7. The van der Waals surface area contributed by atoms with Crippen molar-refractivity contribution in [2.24, 2.45) is 0 Å². The molecular weight excluding hydrogens is 415 g/mol. The molecule has 5 heteroatoms. The van der Waals surface area contributed by atoms with E-state index in [1.807, 2.05) is 29.8 Å². The lowest BCUT2D eigenvalue weighted by Gasteiger charge is -2.25. The maximum Gasteiger partial charge on any atom is 0.158 e. The van der Waals surface area contributed by atoms with E-state index in [9.17, 15) is 0 Å². The minimum atomic E-state index is -0.114. The average molecular weight is 436 g/mol. The van der Waals surface area contributed by atoms with Crippen molar-refractivity contribution in [2.45, 2.75) is 45.1 Å². The second-order valence-corrected chi connectivity index (χ2v) is 7.04. The van der Waals surface area contributed by atoms with Gasteiger partial charge in [0.25, 0.3) is 0 Å². The number of ether oxygens (including phenoxy) is 2. The zero-order valence-electron chi connectivity index (χ0n) is 13.7. The molecule has 0 amide bonds. The second-order valence-electron chi connectivity index (χ2n) is 5.80. The molecule has 24 heavy (non-hydrogen) atoms. The first-order chi connectivity index (χ1) is 11.7. The molecule has 126 valence electrons. The van der Waals surface area contributed by atoms with Gasteiger partial charge in [0, 0.05) is 28.1 Å². The summed E-state index contributed by atoms with van der Waals surface area (Å²) in [7, 11) is 0. The average Bonchev–Trinajstić information content (AvgIpc) is 3.06. The highest BCUT2D eigenvalue weighted by Crippen LogP contribution is 2.22. The summed E-state index contributed by atoms with van der Waals surface area (Å²) in [5, 5.41) is 0. The molecule has 0 bridgehead atoms. The number of imidazole rings is 1. The first-order valence-corrected chi connectivity index (χ1v) is 9.33. The summed E-state index contributed by atoms with van der Waals surface area (Å²) in [6.07, 6.45) is 6.75. The van der Waals surface area contributed by atoms with Crippen LogP contribution in [0.25, 0.3) is 0 Å². The predicted octanol–water partition coefficient (Wildman–Crippen LogP) is 4.14. The Labute approximate surface area is 156 Å². The van der Waals surface area contributed by atoms with Crippen LogP contribution in [0.15, 0.2) is 36.7 Å².